The highest BCUT2D eigenvalue weighted by molar-refractivity contribution is 5.85. The van der Waals surface area contributed by atoms with Crippen LogP contribution in [0.2, 0.25) is 0 Å². The van der Waals surface area contributed by atoms with Gasteiger partial charge in [0.1, 0.15) is 0 Å². The zero-order chi connectivity index (χ0) is 8.23. The number of nitrogens with zero attached hydrogens (tertiary/aromatic N) is 2. The zero-order valence-electron chi connectivity index (χ0n) is 7.44. The van der Waals surface area contributed by atoms with E-state index < -0.39 is 0 Å². The molecule has 1 fully saturated rings. The summed E-state index contributed by atoms with van der Waals surface area (Å²) < 4.78 is 0. The summed E-state index contributed by atoms with van der Waals surface area (Å²) in [5.74, 6) is 0. The van der Waals surface area contributed by atoms with Crippen LogP contribution in [-0.4, -0.2) is 16.7 Å². The molecule has 1 atom stereocenters. The van der Waals surface area contributed by atoms with Gasteiger partial charge in [0.25, 0.3) is 0 Å². The second-order valence-electron chi connectivity index (χ2n) is 3.18. The summed E-state index contributed by atoms with van der Waals surface area (Å²) in [5, 5.41) is 11.1. The summed E-state index contributed by atoms with van der Waals surface area (Å²) in [5.41, 5.74) is 1.27. The third-order valence-corrected chi connectivity index (χ3v) is 2.32. The smallest absolute Gasteiger partial charge is 0.0544 e. The highest BCUT2D eigenvalue weighted by Crippen LogP contribution is 2.21. The molecule has 0 aliphatic carbocycles. The highest BCUT2D eigenvalue weighted by atomic mass is 35.5. The Labute approximate surface area is 84.4 Å². The van der Waals surface area contributed by atoms with E-state index in [1.165, 1.54) is 24.8 Å². The van der Waals surface area contributed by atoms with Crippen molar-refractivity contribution in [2.45, 2.75) is 25.3 Å². The summed E-state index contributed by atoms with van der Waals surface area (Å²) in [6.07, 6.45) is 7.45. The first-order chi connectivity index (χ1) is 5.97. The average molecular weight is 200 g/mol. The van der Waals surface area contributed by atoms with Crippen molar-refractivity contribution >= 4 is 12.4 Å². The molecule has 0 bridgehead atoms. The Morgan fingerprint density at radius 2 is 2.23 bits per heavy atom. The Balaban J connectivity index is 0.000000845. The normalized spacial score (nSPS) is 22.0. The van der Waals surface area contributed by atoms with Crippen molar-refractivity contribution < 1.29 is 0 Å². The lowest BCUT2D eigenvalue weighted by molar-refractivity contribution is 0.411. The lowest BCUT2D eigenvalue weighted by Gasteiger charge is -2.22. The van der Waals surface area contributed by atoms with E-state index in [0.717, 1.165) is 6.54 Å². The molecule has 1 saturated heterocycles. The van der Waals surface area contributed by atoms with Crippen molar-refractivity contribution in [2.75, 3.05) is 6.54 Å². The van der Waals surface area contributed by atoms with E-state index in [0.29, 0.717) is 6.04 Å². The van der Waals surface area contributed by atoms with Crippen LogP contribution in [0.5, 0.6) is 0 Å². The maximum absolute atomic E-state index is 3.87. The maximum atomic E-state index is 3.87. The molecule has 1 aromatic heterocycles. The van der Waals surface area contributed by atoms with E-state index in [2.05, 4.69) is 15.5 Å². The Morgan fingerprint density at radius 3 is 2.85 bits per heavy atom. The lowest BCUT2D eigenvalue weighted by atomic mass is 9.99. The predicted molar refractivity (Wildman–Crippen MR) is 53.9 cm³/mol. The predicted octanol–water partition coefficient (Wildman–Crippen LogP) is 1.71. The monoisotopic (exact) mass is 199 g/mol. The number of rotatable bonds is 1. The topological polar surface area (TPSA) is 37.8 Å². The SMILES string of the molecule is Cl.c1cc([C@H]2CCCCN2)cnn1. The van der Waals surface area contributed by atoms with Crippen LogP contribution in [0.15, 0.2) is 18.5 Å². The van der Waals surface area contributed by atoms with Crippen molar-refractivity contribution in [2.24, 2.45) is 0 Å². The number of piperidine rings is 1. The molecule has 0 saturated carbocycles. The van der Waals surface area contributed by atoms with E-state index in [-0.39, 0.29) is 12.4 Å². The van der Waals surface area contributed by atoms with Crippen LogP contribution >= 0.6 is 12.4 Å². The van der Waals surface area contributed by atoms with Crippen LogP contribution in [-0.2, 0) is 0 Å². The van der Waals surface area contributed by atoms with Crippen LogP contribution in [0, 0.1) is 0 Å². The molecular weight excluding hydrogens is 186 g/mol. The molecule has 1 aliphatic rings. The van der Waals surface area contributed by atoms with Crippen molar-refractivity contribution in [3.05, 3.63) is 24.0 Å². The molecule has 1 aliphatic heterocycles. The standard InChI is InChI=1S/C9H13N3.ClH/c1-2-5-10-9(3-1)8-4-6-11-12-7-8;/h4,6-7,9-10H,1-3,5H2;1H/t9-;/m1./s1. The molecule has 0 radical (unpaired) electrons. The van der Waals surface area contributed by atoms with Crippen molar-refractivity contribution in [1.29, 1.82) is 0 Å². The Kier molecular flexibility index (Phi) is 4.12. The van der Waals surface area contributed by atoms with Crippen molar-refractivity contribution in [3.63, 3.8) is 0 Å². The first-order valence-corrected chi connectivity index (χ1v) is 4.47. The first kappa shape index (κ1) is 10.4. The van der Waals surface area contributed by atoms with E-state index >= 15 is 0 Å². The Hall–Kier alpha value is -0.670. The van der Waals surface area contributed by atoms with Gasteiger partial charge in [-0.15, -0.1) is 12.4 Å². The van der Waals surface area contributed by atoms with Crippen LogP contribution in [0.3, 0.4) is 0 Å². The average Bonchev–Trinajstić information content (AvgIpc) is 2.21. The van der Waals surface area contributed by atoms with Gasteiger partial charge in [-0.2, -0.15) is 10.2 Å². The molecule has 72 valence electrons. The second kappa shape index (κ2) is 5.14. The van der Waals surface area contributed by atoms with Crippen molar-refractivity contribution in [1.82, 2.24) is 15.5 Å². The fraction of sp³-hybridized carbons (Fsp3) is 0.556. The summed E-state index contributed by atoms with van der Waals surface area (Å²) in [6, 6.07) is 2.55. The van der Waals surface area contributed by atoms with Crippen molar-refractivity contribution in [3.8, 4) is 0 Å². The Morgan fingerprint density at radius 1 is 1.31 bits per heavy atom. The second-order valence-corrected chi connectivity index (χ2v) is 3.18. The van der Waals surface area contributed by atoms with Gasteiger partial charge in [0.05, 0.1) is 6.20 Å². The minimum atomic E-state index is 0. The number of aromatic nitrogens is 2. The molecule has 3 nitrogen and oxygen atoms in total. The van der Waals surface area contributed by atoms with Gasteiger partial charge < -0.3 is 5.32 Å². The summed E-state index contributed by atoms with van der Waals surface area (Å²) in [6.45, 7) is 1.13. The van der Waals surface area contributed by atoms with Gasteiger partial charge in [0.15, 0.2) is 0 Å². The van der Waals surface area contributed by atoms with Gasteiger partial charge in [-0.3, -0.25) is 0 Å². The van der Waals surface area contributed by atoms with Crippen LogP contribution in [0.1, 0.15) is 30.9 Å². The molecule has 13 heavy (non-hydrogen) atoms. The minimum absolute atomic E-state index is 0. The Bertz CT molecular complexity index is 234. The number of hydrogen-bond acceptors (Lipinski definition) is 3. The van der Waals surface area contributed by atoms with E-state index in [1.54, 1.807) is 6.20 Å². The summed E-state index contributed by atoms with van der Waals surface area (Å²) in [4.78, 5) is 0. The highest BCUT2D eigenvalue weighted by Gasteiger charge is 2.13. The number of hydrogen-bond donors (Lipinski definition) is 1. The minimum Gasteiger partial charge on any atom is -0.310 e. The van der Waals surface area contributed by atoms with Crippen LogP contribution < -0.4 is 5.32 Å². The molecule has 0 amide bonds. The molecule has 2 heterocycles. The molecule has 0 spiro atoms. The molecule has 0 aromatic carbocycles. The van der Waals surface area contributed by atoms with E-state index in [9.17, 15) is 0 Å². The maximum Gasteiger partial charge on any atom is 0.0544 e. The fourth-order valence-electron chi connectivity index (χ4n) is 1.64. The number of halogens is 1. The zero-order valence-corrected chi connectivity index (χ0v) is 8.26. The molecule has 0 unspecified atom stereocenters. The lowest BCUT2D eigenvalue weighted by Crippen LogP contribution is -2.26. The number of nitrogens with one attached hydrogen (secondary N) is 1. The third kappa shape index (κ3) is 2.64. The van der Waals surface area contributed by atoms with Crippen LogP contribution in [0.4, 0.5) is 0 Å². The third-order valence-electron chi connectivity index (χ3n) is 2.32. The molecule has 1 aromatic rings. The summed E-state index contributed by atoms with van der Waals surface area (Å²) >= 11 is 0. The van der Waals surface area contributed by atoms with Gasteiger partial charge in [0, 0.05) is 12.2 Å². The quantitative estimate of drug-likeness (QED) is 0.749. The molecule has 1 N–H and O–H groups in total. The molecular formula is C9H14ClN3. The van der Waals surface area contributed by atoms with Gasteiger partial charge in [-0.25, -0.2) is 0 Å². The largest absolute Gasteiger partial charge is 0.310 e. The van der Waals surface area contributed by atoms with Gasteiger partial charge in [-0.1, -0.05) is 6.42 Å². The molecule has 4 heteroatoms. The summed E-state index contributed by atoms with van der Waals surface area (Å²) in [7, 11) is 0. The fourth-order valence-corrected chi connectivity index (χ4v) is 1.64. The van der Waals surface area contributed by atoms with E-state index in [4.69, 9.17) is 0 Å². The van der Waals surface area contributed by atoms with Gasteiger partial charge in [0.2, 0.25) is 0 Å². The van der Waals surface area contributed by atoms with Crippen LogP contribution in [0.25, 0.3) is 0 Å². The van der Waals surface area contributed by atoms with Gasteiger partial charge in [-0.05, 0) is 31.0 Å². The van der Waals surface area contributed by atoms with Gasteiger partial charge >= 0.3 is 0 Å². The molecule has 2 rings (SSSR count). The van der Waals surface area contributed by atoms with E-state index in [1.807, 2.05) is 12.3 Å². The first-order valence-electron chi connectivity index (χ1n) is 4.47.